The topological polar surface area (TPSA) is 66.3 Å². The monoisotopic (exact) mass is 287 g/mol. The molecule has 0 aliphatic carbocycles. The maximum absolute atomic E-state index is 11.2. The minimum atomic E-state index is -0.228. The predicted octanol–water partition coefficient (Wildman–Crippen LogP) is 3.82. The number of anilines is 2. The zero-order valence-corrected chi connectivity index (χ0v) is 12.8. The van der Waals surface area contributed by atoms with Crippen LogP contribution in [0.5, 0.6) is 0 Å². The van der Waals surface area contributed by atoms with Gasteiger partial charge in [-0.15, -0.1) is 0 Å². The van der Waals surface area contributed by atoms with Crippen molar-refractivity contribution in [1.82, 2.24) is 5.32 Å². The molecule has 2 rings (SSSR count). The third-order valence-corrected chi connectivity index (χ3v) is 3.30. The van der Waals surface area contributed by atoms with Crippen molar-refractivity contribution < 1.29 is 9.21 Å². The molecule has 5 nitrogen and oxygen atoms in total. The molecule has 0 bridgehead atoms. The van der Waals surface area contributed by atoms with Crippen LogP contribution >= 0.6 is 0 Å². The Kier molecular flexibility index (Phi) is 4.52. The van der Waals surface area contributed by atoms with Gasteiger partial charge in [-0.05, 0) is 51.1 Å². The van der Waals surface area contributed by atoms with Crippen molar-refractivity contribution in [2.45, 2.75) is 26.8 Å². The van der Waals surface area contributed by atoms with Crippen LogP contribution < -0.4 is 16.0 Å². The van der Waals surface area contributed by atoms with Gasteiger partial charge in [0.1, 0.15) is 11.5 Å². The second-order valence-corrected chi connectivity index (χ2v) is 5.02. The van der Waals surface area contributed by atoms with E-state index in [4.69, 9.17) is 4.42 Å². The van der Waals surface area contributed by atoms with E-state index in [0.717, 1.165) is 28.5 Å². The molecule has 3 N–H and O–H groups in total. The van der Waals surface area contributed by atoms with Crippen LogP contribution in [0.1, 0.15) is 30.0 Å². The highest BCUT2D eigenvalue weighted by Crippen LogP contribution is 2.25. The lowest BCUT2D eigenvalue weighted by Crippen LogP contribution is -2.24. The van der Waals surface area contributed by atoms with E-state index < -0.39 is 0 Å². The Morgan fingerprint density at radius 3 is 2.29 bits per heavy atom. The fourth-order valence-corrected chi connectivity index (χ4v) is 2.25. The number of amides is 2. The molecule has 0 spiro atoms. The smallest absolute Gasteiger partial charge is 0.318 e. The van der Waals surface area contributed by atoms with Crippen LogP contribution in [0.4, 0.5) is 16.2 Å². The van der Waals surface area contributed by atoms with Crippen molar-refractivity contribution in [2.75, 3.05) is 17.7 Å². The number of urea groups is 1. The van der Waals surface area contributed by atoms with Crippen molar-refractivity contribution in [3.8, 4) is 0 Å². The summed E-state index contributed by atoms with van der Waals surface area (Å²) in [4.78, 5) is 11.2. The first-order valence-electron chi connectivity index (χ1n) is 6.92. The molecular weight excluding hydrogens is 266 g/mol. The van der Waals surface area contributed by atoms with E-state index in [0.29, 0.717) is 0 Å². The highest BCUT2D eigenvalue weighted by molar-refractivity contribution is 5.89. The highest BCUT2D eigenvalue weighted by atomic mass is 16.3. The molecule has 0 aliphatic heterocycles. The molecule has 0 saturated carbocycles. The molecule has 1 heterocycles. The summed E-state index contributed by atoms with van der Waals surface area (Å²) in [5.41, 5.74) is 2.89. The average Bonchev–Trinajstić information content (AvgIpc) is 2.80. The minimum absolute atomic E-state index is 0.153. The second-order valence-electron chi connectivity index (χ2n) is 5.02. The zero-order chi connectivity index (χ0) is 15.4. The van der Waals surface area contributed by atoms with Gasteiger partial charge in [-0.1, -0.05) is 0 Å². The quantitative estimate of drug-likeness (QED) is 0.801. The van der Waals surface area contributed by atoms with Gasteiger partial charge in [0.25, 0.3) is 0 Å². The molecule has 0 aliphatic rings. The number of rotatable bonds is 4. The van der Waals surface area contributed by atoms with E-state index in [1.54, 1.807) is 7.05 Å². The molecule has 1 unspecified atom stereocenters. The summed E-state index contributed by atoms with van der Waals surface area (Å²) in [6, 6.07) is 9.56. The average molecular weight is 287 g/mol. The van der Waals surface area contributed by atoms with Gasteiger partial charge >= 0.3 is 6.03 Å². The van der Waals surface area contributed by atoms with Crippen LogP contribution in [0.3, 0.4) is 0 Å². The second kappa shape index (κ2) is 6.35. The first kappa shape index (κ1) is 15.0. The Labute approximate surface area is 124 Å². The van der Waals surface area contributed by atoms with Crippen LogP contribution in [-0.2, 0) is 0 Å². The van der Waals surface area contributed by atoms with E-state index in [9.17, 15) is 4.79 Å². The third-order valence-electron chi connectivity index (χ3n) is 3.30. The lowest BCUT2D eigenvalue weighted by atomic mass is 10.1. The van der Waals surface area contributed by atoms with Gasteiger partial charge in [-0.25, -0.2) is 4.79 Å². The van der Waals surface area contributed by atoms with Gasteiger partial charge < -0.3 is 20.4 Å². The van der Waals surface area contributed by atoms with Crippen LogP contribution in [-0.4, -0.2) is 13.1 Å². The first-order chi connectivity index (χ1) is 9.99. The molecule has 1 atom stereocenters. The molecule has 0 radical (unpaired) electrons. The van der Waals surface area contributed by atoms with Crippen molar-refractivity contribution in [1.29, 1.82) is 0 Å². The number of hydrogen-bond acceptors (Lipinski definition) is 3. The molecule has 2 amide bonds. The molecule has 0 saturated heterocycles. The van der Waals surface area contributed by atoms with Gasteiger partial charge in [0, 0.05) is 24.0 Å². The maximum atomic E-state index is 11.2. The predicted molar refractivity (Wildman–Crippen MR) is 84.7 cm³/mol. The Balaban J connectivity index is 2.03. The summed E-state index contributed by atoms with van der Waals surface area (Å²) in [6.45, 7) is 6.01. The fourth-order valence-electron chi connectivity index (χ4n) is 2.25. The molecular formula is C16H21N3O2. The van der Waals surface area contributed by atoms with E-state index in [1.807, 2.05) is 38.1 Å². The summed E-state index contributed by atoms with van der Waals surface area (Å²) in [5.74, 6) is 1.85. The number of carbonyl (C=O) groups is 1. The van der Waals surface area contributed by atoms with Gasteiger partial charge in [-0.3, -0.25) is 0 Å². The number of furan rings is 1. The van der Waals surface area contributed by atoms with Crippen molar-refractivity contribution in [3.63, 3.8) is 0 Å². The van der Waals surface area contributed by atoms with E-state index >= 15 is 0 Å². The van der Waals surface area contributed by atoms with Crippen LogP contribution in [0, 0.1) is 13.8 Å². The number of hydrogen-bond donors (Lipinski definition) is 3. The number of carbonyl (C=O) groups excluding carboxylic acids is 1. The molecule has 5 heteroatoms. The fraction of sp³-hybridized carbons (Fsp3) is 0.312. The van der Waals surface area contributed by atoms with Crippen LogP contribution in [0.2, 0.25) is 0 Å². The molecule has 21 heavy (non-hydrogen) atoms. The molecule has 1 aromatic heterocycles. The lowest BCUT2D eigenvalue weighted by molar-refractivity contribution is 0.254. The Hall–Kier alpha value is -2.43. The van der Waals surface area contributed by atoms with Crippen LogP contribution in [0.25, 0.3) is 0 Å². The first-order valence-corrected chi connectivity index (χ1v) is 6.92. The summed E-state index contributed by atoms with van der Waals surface area (Å²) in [7, 11) is 1.59. The normalized spacial score (nSPS) is 11.8. The van der Waals surface area contributed by atoms with Crippen molar-refractivity contribution in [2.24, 2.45) is 0 Å². The maximum Gasteiger partial charge on any atom is 0.318 e. The van der Waals surface area contributed by atoms with Crippen LogP contribution in [0.15, 0.2) is 34.7 Å². The van der Waals surface area contributed by atoms with E-state index in [-0.39, 0.29) is 12.1 Å². The highest BCUT2D eigenvalue weighted by Gasteiger charge is 2.12. The zero-order valence-electron chi connectivity index (χ0n) is 12.8. The lowest BCUT2D eigenvalue weighted by Gasteiger charge is -2.15. The van der Waals surface area contributed by atoms with Gasteiger partial charge in [0.15, 0.2) is 0 Å². The van der Waals surface area contributed by atoms with Gasteiger partial charge in [0.05, 0.1) is 6.04 Å². The van der Waals surface area contributed by atoms with Crippen molar-refractivity contribution in [3.05, 3.63) is 47.4 Å². The Bertz CT molecular complexity index is 617. The Morgan fingerprint density at radius 2 is 1.76 bits per heavy atom. The summed E-state index contributed by atoms with van der Waals surface area (Å²) < 4.78 is 5.55. The van der Waals surface area contributed by atoms with Crippen molar-refractivity contribution >= 4 is 17.4 Å². The minimum Gasteiger partial charge on any atom is -0.466 e. The molecule has 1 aromatic carbocycles. The summed E-state index contributed by atoms with van der Waals surface area (Å²) >= 11 is 0. The van der Waals surface area contributed by atoms with Gasteiger partial charge in [0.2, 0.25) is 0 Å². The molecule has 112 valence electrons. The largest absolute Gasteiger partial charge is 0.466 e. The van der Waals surface area contributed by atoms with E-state index in [1.165, 1.54) is 0 Å². The van der Waals surface area contributed by atoms with E-state index in [2.05, 4.69) is 28.9 Å². The molecule has 2 aromatic rings. The summed E-state index contributed by atoms with van der Waals surface area (Å²) in [6.07, 6.45) is 0. The SMILES string of the molecule is CNC(=O)Nc1ccc(NC(C)c2cc(C)oc2C)cc1. The number of nitrogens with one attached hydrogen (secondary N) is 3. The number of benzene rings is 1. The number of aryl methyl sites for hydroxylation is 2. The summed E-state index contributed by atoms with van der Waals surface area (Å²) in [5, 5.41) is 8.66. The standard InChI is InChI=1S/C16H21N3O2/c1-10-9-15(12(3)21-10)11(2)18-13-5-7-14(8-6-13)19-16(20)17-4/h5-9,11,18H,1-4H3,(H2,17,19,20). The third kappa shape index (κ3) is 3.78. The molecule has 0 fully saturated rings. The Morgan fingerprint density at radius 1 is 1.14 bits per heavy atom. The van der Waals surface area contributed by atoms with Gasteiger partial charge in [-0.2, -0.15) is 0 Å².